The monoisotopic (exact) mass is 296 g/mol. The van der Waals surface area contributed by atoms with Gasteiger partial charge in [0.1, 0.15) is 5.69 Å². The number of carbonyl (C=O) groups is 1. The average molecular weight is 297 g/mol. The van der Waals surface area contributed by atoms with E-state index < -0.39 is 0 Å². The normalized spacial score (nSPS) is 17.4. The lowest BCUT2D eigenvalue weighted by Gasteiger charge is -2.24. The highest BCUT2D eigenvalue weighted by Gasteiger charge is 2.17. The van der Waals surface area contributed by atoms with E-state index in [-0.39, 0.29) is 5.91 Å². The maximum Gasteiger partial charge on any atom is 0.272 e. The fourth-order valence-corrected chi connectivity index (χ4v) is 2.35. The minimum absolute atomic E-state index is 0.0689. The van der Waals surface area contributed by atoms with Crippen molar-refractivity contribution in [1.29, 1.82) is 0 Å². The molecule has 17 heavy (non-hydrogen) atoms. The van der Waals surface area contributed by atoms with E-state index in [1.165, 1.54) is 19.3 Å². The first kappa shape index (κ1) is 12.6. The number of hydrogen-bond donors (Lipinski definition) is 0. The minimum atomic E-state index is 0.0689. The number of rotatable bonds is 1. The van der Waals surface area contributed by atoms with E-state index in [9.17, 15) is 4.79 Å². The predicted octanol–water partition coefficient (Wildman–Crippen LogP) is 3.25. The zero-order valence-corrected chi connectivity index (χ0v) is 11.4. The fraction of sp³-hybridized carbons (Fsp3) is 0.538. The molecule has 0 radical (unpaired) electrons. The first-order chi connectivity index (χ1) is 8.27. The summed E-state index contributed by atoms with van der Waals surface area (Å²) in [5.41, 5.74) is 0.550. The van der Waals surface area contributed by atoms with Crippen molar-refractivity contribution < 1.29 is 4.79 Å². The quantitative estimate of drug-likeness (QED) is 0.797. The standard InChI is InChI=1S/C13H17BrN2O/c14-11-6-7-12(15-10-11)13(17)16-8-4-2-1-3-5-9-16/h6-7,10H,1-5,8-9H2. The average Bonchev–Trinajstić information content (AvgIpc) is 2.29. The lowest BCUT2D eigenvalue weighted by atomic mass is 10.1. The Morgan fingerprint density at radius 2 is 1.76 bits per heavy atom. The Hall–Kier alpha value is -0.900. The van der Waals surface area contributed by atoms with Crippen molar-refractivity contribution in [2.75, 3.05) is 13.1 Å². The third-order valence-electron chi connectivity index (χ3n) is 3.09. The van der Waals surface area contributed by atoms with Crippen molar-refractivity contribution >= 4 is 21.8 Å². The Bertz CT molecular complexity index is 370. The number of halogens is 1. The lowest BCUT2D eigenvalue weighted by Crippen LogP contribution is -2.34. The maximum absolute atomic E-state index is 12.2. The van der Waals surface area contributed by atoms with E-state index in [0.717, 1.165) is 30.4 Å². The van der Waals surface area contributed by atoms with Crippen LogP contribution in [0.5, 0.6) is 0 Å². The molecule has 1 aromatic heterocycles. The van der Waals surface area contributed by atoms with E-state index in [1.54, 1.807) is 12.3 Å². The molecule has 0 aliphatic carbocycles. The Kier molecular flexibility index (Phi) is 4.54. The molecule has 0 saturated carbocycles. The van der Waals surface area contributed by atoms with Crippen LogP contribution >= 0.6 is 15.9 Å². The Morgan fingerprint density at radius 3 is 2.35 bits per heavy atom. The number of nitrogens with zero attached hydrogens (tertiary/aromatic N) is 2. The first-order valence-electron chi connectivity index (χ1n) is 6.18. The molecule has 4 heteroatoms. The van der Waals surface area contributed by atoms with Crippen LogP contribution in [0.15, 0.2) is 22.8 Å². The van der Waals surface area contributed by atoms with Crippen LogP contribution in [0.4, 0.5) is 0 Å². The lowest BCUT2D eigenvalue weighted by molar-refractivity contribution is 0.0736. The molecule has 92 valence electrons. The van der Waals surface area contributed by atoms with Gasteiger partial charge in [-0.2, -0.15) is 0 Å². The van der Waals surface area contributed by atoms with Crippen molar-refractivity contribution in [2.45, 2.75) is 32.1 Å². The third-order valence-corrected chi connectivity index (χ3v) is 3.56. The molecule has 1 aromatic rings. The molecule has 0 atom stereocenters. The van der Waals surface area contributed by atoms with Crippen LogP contribution in [-0.2, 0) is 0 Å². The summed E-state index contributed by atoms with van der Waals surface area (Å²) in [5, 5.41) is 0. The van der Waals surface area contributed by atoms with Crippen LogP contribution in [0.1, 0.15) is 42.6 Å². The Balaban J connectivity index is 2.04. The molecule has 0 bridgehead atoms. The summed E-state index contributed by atoms with van der Waals surface area (Å²) < 4.78 is 0.904. The number of likely N-dealkylation sites (tertiary alicyclic amines) is 1. The van der Waals surface area contributed by atoms with Gasteiger partial charge in [-0.25, -0.2) is 4.98 Å². The molecule has 2 rings (SSSR count). The smallest absolute Gasteiger partial charge is 0.272 e. The molecular weight excluding hydrogens is 280 g/mol. The van der Waals surface area contributed by atoms with Gasteiger partial charge < -0.3 is 4.90 Å². The van der Waals surface area contributed by atoms with Gasteiger partial charge in [-0.15, -0.1) is 0 Å². The fourth-order valence-electron chi connectivity index (χ4n) is 2.11. The van der Waals surface area contributed by atoms with E-state index in [0.29, 0.717) is 5.69 Å². The van der Waals surface area contributed by atoms with Gasteiger partial charge in [0.05, 0.1) is 0 Å². The van der Waals surface area contributed by atoms with Crippen LogP contribution in [0, 0.1) is 0 Å². The largest absolute Gasteiger partial charge is 0.337 e. The molecule has 1 aliphatic rings. The van der Waals surface area contributed by atoms with Gasteiger partial charge in [-0.3, -0.25) is 4.79 Å². The first-order valence-corrected chi connectivity index (χ1v) is 6.97. The highest BCUT2D eigenvalue weighted by Crippen LogP contribution is 2.14. The van der Waals surface area contributed by atoms with Crippen LogP contribution in [-0.4, -0.2) is 28.9 Å². The second-order valence-corrected chi connectivity index (χ2v) is 5.34. The second-order valence-electron chi connectivity index (χ2n) is 4.42. The number of carbonyl (C=O) groups excluding carboxylic acids is 1. The molecule has 0 N–H and O–H groups in total. The third kappa shape index (κ3) is 3.53. The summed E-state index contributed by atoms with van der Waals surface area (Å²) in [6, 6.07) is 3.65. The molecule has 1 saturated heterocycles. The summed E-state index contributed by atoms with van der Waals surface area (Å²) in [7, 11) is 0. The van der Waals surface area contributed by atoms with Crippen LogP contribution in [0.3, 0.4) is 0 Å². The summed E-state index contributed by atoms with van der Waals surface area (Å²) in [6.45, 7) is 1.74. The highest BCUT2D eigenvalue weighted by atomic mass is 79.9. The number of amides is 1. The summed E-state index contributed by atoms with van der Waals surface area (Å²) in [5.74, 6) is 0.0689. The highest BCUT2D eigenvalue weighted by molar-refractivity contribution is 9.10. The molecule has 0 unspecified atom stereocenters. The Labute approximate surface area is 110 Å². The molecule has 1 fully saturated rings. The number of aromatic nitrogens is 1. The molecule has 3 nitrogen and oxygen atoms in total. The molecule has 0 spiro atoms. The van der Waals surface area contributed by atoms with E-state index in [1.807, 2.05) is 11.0 Å². The zero-order valence-electron chi connectivity index (χ0n) is 9.86. The molecule has 1 amide bonds. The van der Waals surface area contributed by atoms with Crippen LogP contribution < -0.4 is 0 Å². The van der Waals surface area contributed by atoms with Crippen LogP contribution in [0.2, 0.25) is 0 Å². The van der Waals surface area contributed by atoms with Crippen LogP contribution in [0.25, 0.3) is 0 Å². The topological polar surface area (TPSA) is 33.2 Å². The molecule has 1 aliphatic heterocycles. The van der Waals surface area contributed by atoms with Crippen molar-refractivity contribution in [1.82, 2.24) is 9.88 Å². The van der Waals surface area contributed by atoms with Gasteiger partial charge in [0.2, 0.25) is 0 Å². The van der Waals surface area contributed by atoms with Crippen molar-refractivity contribution in [3.8, 4) is 0 Å². The summed E-state index contributed by atoms with van der Waals surface area (Å²) >= 11 is 3.33. The van der Waals surface area contributed by atoms with Crippen molar-refractivity contribution in [3.05, 3.63) is 28.5 Å². The molecular formula is C13H17BrN2O. The zero-order chi connectivity index (χ0) is 12.1. The van der Waals surface area contributed by atoms with E-state index in [2.05, 4.69) is 20.9 Å². The Morgan fingerprint density at radius 1 is 1.12 bits per heavy atom. The minimum Gasteiger partial charge on any atom is -0.337 e. The summed E-state index contributed by atoms with van der Waals surface area (Å²) in [4.78, 5) is 18.3. The van der Waals surface area contributed by atoms with Gasteiger partial charge in [-0.05, 0) is 40.9 Å². The maximum atomic E-state index is 12.2. The van der Waals surface area contributed by atoms with Gasteiger partial charge in [0.15, 0.2) is 0 Å². The number of pyridine rings is 1. The summed E-state index contributed by atoms with van der Waals surface area (Å²) in [6.07, 6.45) is 7.68. The predicted molar refractivity (Wildman–Crippen MR) is 70.9 cm³/mol. The van der Waals surface area contributed by atoms with E-state index >= 15 is 0 Å². The SMILES string of the molecule is O=C(c1ccc(Br)cn1)N1CCCCCCC1. The van der Waals surface area contributed by atoms with Crippen molar-refractivity contribution in [3.63, 3.8) is 0 Å². The van der Waals surface area contributed by atoms with Gasteiger partial charge in [-0.1, -0.05) is 19.3 Å². The molecule has 2 heterocycles. The van der Waals surface area contributed by atoms with Gasteiger partial charge in [0, 0.05) is 23.8 Å². The van der Waals surface area contributed by atoms with Crippen molar-refractivity contribution in [2.24, 2.45) is 0 Å². The van der Waals surface area contributed by atoms with Gasteiger partial charge >= 0.3 is 0 Å². The second kappa shape index (κ2) is 6.15. The molecule has 0 aromatic carbocycles. The van der Waals surface area contributed by atoms with Gasteiger partial charge in [0.25, 0.3) is 5.91 Å². The van der Waals surface area contributed by atoms with E-state index in [4.69, 9.17) is 0 Å². The number of hydrogen-bond acceptors (Lipinski definition) is 2.